The number of hydrogen-bond donors (Lipinski definition) is 3. The standard InChI is InChI=1S/C37H77N3.ClH/c1-3-5-7-9-11-13-15-17-19-21-23-25-27-29-31-33-35-39-37(38)40-36-34-32-30-28-26-24-22-20-18-16-14-12-10-8-6-4-2;/h3-36H2,1-2H3,(H3,38,39,40);1H. The van der Waals surface area contributed by atoms with Crippen molar-refractivity contribution in [2.45, 2.75) is 219 Å². The molecule has 0 bridgehead atoms. The summed E-state index contributed by atoms with van der Waals surface area (Å²) in [5, 5.41) is 3.37. The van der Waals surface area contributed by atoms with E-state index >= 15 is 0 Å². The quantitative estimate of drug-likeness (QED) is 0.0407. The van der Waals surface area contributed by atoms with E-state index in [0.29, 0.717) is 0 Å². The SMILES string of the molecule is CCCCCCCCCCCCCCCCCCNC(N)=[NH+]CCCCCCCCCCCCCCCCCC.[Cl-]. The van der Waals surface area contributed by atoms with E-state index in [4.69, 9.17) is 5.73 Å². The molecule has 4 heteroatoms. The molecule has 41 heavy (non-hydrogen) atoms. The lowest BCUT2D eigenvalue weighted by molar-refractivity contribution is -0.461. The van der Waals surface area contributed by atoms with Gasteiger partial charge in [-0.15, -0.1) is 0 Å². The molecule has 0 fully saturated rings. The van der Waals surface area contributed by atoms with Crippen LogP contribution in [0.1, 0.15) is 219 Å². The molecule has 0 heterocycles. The van der Waals surface area contributed by atoms with Crippen LogP contribution in [0.25, 0.3) is 0 Å². The van der Waals surface area contributed by atoms with Crippen molar-refractivity contribution in [1.29, 1.82) is 0 Å². The first kappa shape index (κ1) is 42.7. The van der Waals surface area contributed by atoms with Gasteiger partial charge in [-0.2, -0.15) is 0 Å². The maximum Gasteiger partial charge on any atom is 0.341 e. The summed E-state index contributed by atoms with van der Waals surface area (Å²) in [6, 6.07) is 0. The van der Waals surface area contributed by atoms with Gasteiger partial charge in [-0.25, -0.2) is 0 Å². The lowest BCUT2D eigenvalue weighted by atomic mass is 10.0. The first-order valence-electron chi connectivity index (χ1n) is 18.9. The van der Waals surface area contributed by atoms with E-state index in [1.54, 1.807) is 0 Å². The van der Waals surface area contributed by atoms with Crippen molar-refractivity contribution in [3.8, 4) is 0 Å². The highest BCUT2D eigenvalue weighted by Crippen LogP contribution is 2.15. The topological polar surface area (TPSA) is 52.0 Å². The molecule has 0 rings (SSSR count). The highest BCUT2D eigenvalue weighted by atomic mass is 35.5. The number of nitrogens with one attached hydrogen (secondary N) is 2. The minimum absolute atomic E-state index is 0. The Hall–Kier alpha value is -0.440. The van der Waals surface area contributed by atoms with Crippen molar-refractivity contribution in [2.24, 2.45) is 5.73 Å². The molecular formula is C37H78ClN3. The van der Waals surface area contributed by atoms with Crippen molar-refractivity contribution >= 4 is 5.96 Å². The second-order valence-electron chi connectivity index (χ2n) is 12.9. The Morgan fingerprint density at radius 3 is 0.927 bits per heavy atom. The number of hydrogen-bond acceptors (Lipinski definition) is 0. The van der Waals surface area contributed by atoms with Gasteiger partial charge in [0.25, 0.3) is 0 Å². The largest absolute Gasteiger partial charge is 1.00 e. The Bertz CT molecular complexity index is 483. The van der Waals surface area contributed by atoms with Crippen LogP contribution in [0.3, 0.4) is 0 Å². The van der Waals surface area contributed by atoms with Crippen molar-refractivity contribution in [2.75, 3.05) is 13.1 Å². The van der Waals surface area contributed by atoms with Crippen LogP contribution >= 0.6 is 0 Å². The van der Waals surface area contributed by atoms with Gasteiger partial charge in [0, 0.05) is 0 Å². The van der Waals surface area contributed by atoms with Crippen LogP contribution in [0.2, 0.25) is 0 Å². The number of nitrogens with two attached hydrogens (primary N) is 1. The second kappa shape index (κ2) is 39.6. The van der Waals surface area contributed by atoms with Crippen LogP contribution in [-0.2, 0) is 0 Å². The van der Waals surface area contributed by atoms with Gasteiger partial charge in [-0.3, -0.25) is 16.0 Å². The van der Waals surface area contributed by atoms with E-state index in [2.05, 4.69) is 24.2 Å². The summed E-state index contributed by atoms with van der Waals surface area (Å²) < 4.78 is 0. The number of halogens is 1. The molecule has 0 aromatic rings. The van der Waals surface area contributed by atoms with Crippen molar-refractivity contribution in [3.05, 3.63) is 0 Å². The minimum Gasteiger partial charge on any atom is -1.00 e. The molecule has 3 nitrogen and oxygen atoms in total. The molecule has 0 atom stereocenters. The fourth-order valence-electron chi connectivity index (χ4n) is 5.85. The fourth-order valence-corrected chi connectivity index (χ4v) is 5.85. The molecule has 0 aliphatic rings. The summed E-state index contributed by atoms with van der Waals surface area (Å²) in [6.45, 7) is 6.62. The van der Waals surface area contributed by atoms with Gasteiger partial charge < -0.3 is 12.4 Å². The number of guanidine groups is 1. The fraction of sp³-hybridized carbons (Fsp3) is 0.973. The van der Waals surface area contributed by atoms with Crippen LogP contribution in [-0.4, -0.2) is 19.0 Å². The normalized spacial score (nSPS) is 11.6. The average Bonchev–Trinajstić information content (AvgIpc) is 2.96. The highest BCUT2D eigenvalue weighted by Gasteiger charge is 1.99. The smallest absolute Gasteiger partial charge is 0.341 e. The predicted octanol–water partition coefficient (Wildman–Crippen LogP) is 7.50. The van der Waals surface area contributed by atoms with E-state index in [9.17, 15) is 0 Å². The zero-order valence-electron chi connectivity index (χ0n) is 28.5. The van der Waals surface area contributed by atoms with Gasteiger partial charge in [0.2, 0.25) is 0 Å². The van der Waals surface area contributed by atoms with E-state index in [-0.39, 0.29) is 12.4 Å². The van der Waals surface area contributed by atoms with Gasteiger partial charge in [0.05, 0.1) is 13.1 Å². The first-order valence-corrected chi connectivity index (χ1v) is 18.9. The molecule has 0 saturated heterocycles. The monoisotopic (exact) mass is 600 g/mol. The zero-order chi connectivity index (χ0) is 29.0. The second-order valence-corrected chi connectivity index (χ2v) is 12.9. The number of unbranched alkanes of at least 4 members (excludes halogenated alkanes) is 30. The Morgan fingerprint density at radius 2 is 0.634 bits per heavy atom. The summed E-state index contributed by atoms with van der Waals surface area (Å²) in [6.07, 6.45) is 45.4. The molecule has 0 saturated carbocycles. The lowest BCUT2D eigenvalue weighted by Gasteiger charge is -2.04. The van der Waals surface area contributed by atoms with Gasteiger partial charge in [-0.1, -0.05) is 206 Å². The molecule has 0 unspecified atom stereocenters. The summed E-state index contributed by atoms with van der Waals surface area (Å²) in [5.41, 5.74) is 6.10. The summed E-state index contributed by atoms with van der Waals surface area (Å²) in [5.74, 6) is 0.780. The third-order valence-electron chi connectivity index (χ3n) is 8.69. The molecule has 0 spiro atoms. The van der Waals surface area contributed by atoms with Crippen molar-refractivity contribution in [3.63, 3.8) is 0 Å². The molecule has 0 aromatic heterocycles. The van der Waals surface area contributed by atoms with Crippen molar-refractivity contribution < 1.29 is 17.4 Å². The summed E-state index contributed by atoms with van der Waals surface area (Å²) in [4.78, 5) is 3.37. The Kier molecular flexibility index (Phi) is 41.2. The first-order chi connectivity index (χ1) is 19.8. The molecule has 4 N–H and O–H groups in total. The van der Waals surface area contributed by atoms with Gasteiger partial charge in [0.1, 0.15) is 0 Å². The summed E-state index contributed by atoms with van der Waals surface area (Å²) >= 11 is 0. The number of rotatable bonds is 34. The minimum atomic E-state index is 0. The van der Waals surface area contributed by atoms with E-state index in [1.807, 2.05) is 0 Å². The predicted molar refractivity (Wildman–Crippen MR) is 182 cm³/mol. The van der Waals surface area contributed by atoms with Crippen LogP contribution in [0.5, 0.6) is 0 Å². The average molecular weight is 601 g/mol. The Labute approximate surface area is 266 Å². The van der Waals surface area contributed by atoms with Gasteiger partial charge in [0.15, 0.2) is 0 Å². The Balaban J connectivity index is 0. The van der Waals surface area contributed by atoms with Crippen LogP contribution in [0, 0.1) is 0 Å². The van der Waals surface area contributed by atoms with Crippen LogP contribution in [0.4, 0.5) is 0 Å². The highest BCUT2D eigenvalue weighted by molar-refractivity contribution is 5.71. The maximum absolute atomic E-state index is 6.10. The van der Waals surface area contributed by atoms with Gasteiger partial charge >= 0.3 is 5.96 Å². The van der Waals surface area contributed by atoms with E-state index in [1.165, 1.54) is 205 Å². The molecule has 248 valence electrons. The third kappa shape index (κ3) is 39.6. The van der Waals surface area contributed by atoms with Crippen molar-refractivity contribution in [1.82, 2.24) is 5.32 Å². The third-order valence-corrected chi connectivity index (χ3v) is 8.69. The zero-order valence-corrected chi connectivity index (χ0v) is 29.3. The lowest BCUT2D eigenvalue weighted by Crippen LogP contribution is -3.00. The van der Waals surface area contributed by atoms with Crippen LogP contribution in [0.15, 0.2) is 0 Å². The van der Waals surface area contributed by atoms with Gasteiger partial charge in [-0.05, 0) is 12.8 Å². The van der Waals surface area contributed by atoms with Crippen LogP contribution < -0.4 is 28.4 Å². The molecular weight excluding hydrogens is 522 g/mol. The maximum atomic E-state index is 6.10. The van der Waals surface area contributed by atoms with E-state index in [0.717, 1.165) is 19.0 Å². The molecule has 0 radical (unpaired) electrons. The molecule has 0 aliphatic carbocycles. The Morgan fingerprint density at radius 1 is 0.390 bits per heavy atom. The summed E-state index contributed by atoms with van der Waals surface area (Å²) in [7, 11) is 0. The molecule has 0 amide bonds. The molecule has 0 aromatic carbocycles. The van der Waals surface area contributed by atoms with E-state index < -0.39 is 0 Å². The molecule has 0 aliphatic heterocycles.